The third-order valence-electron chi connectivity index (χ3n) is 3.11. The molecular weight excluding hydrogens is 232 g/mol. The lowest BCUT2D eigenvalue weighted by molar-refractivity contribution is 0.00358. The first-order chi connectivity index (χ1) is 8.63. The molecule has 1 aliphatic heterocycles. The molecule has 1 saturated heterocycles. The fraction of sp³-hybridized carbons (Fsp3) is 0.462. The Bertz CT molecular complexity index is 448. The van der Waals surface area contributed by atoms with Crippen LogP contribution in [0.1, 0.15) is 17.3 Å². The molecule has 0 unspecified atom stereocenters. The average Bonchev–Trinajstić information content (AvgIpc) is 2.39. The minimum Gasteiger partial charge on any atom is -0.495 e. The number of carbonyl (C=O) groups excluding carboxylic acids is 1. The molecule has 5 heteroatoms. The van der Waals surface area contributed by atoms with Gasteiger partial charge in [-0.15, -0.1) is 0 Å². The molecule has 0 saturated carbocycles. The van der Waals surface area contributed by atoms with Gasteiger partial charge in [-0.05, 0) is 25.1 Å². The molecule has 1 aliphatic rings. The van der Waals surface area contributed by atoms with Crippen molar-refractivity contribution in [2.75, 3.05) is 32.6 Å². The molecule has 1 atom stereocenters. The van der Waals surface area contributed by atoms with Crippen LogP contribution < -0.4 is 10.5 Å². The Balaban J connectivity index is 2.22. The topological polar surface area (TPSA) is 64.8 Å². The van der Waals surface area contributed by atoms with Gasteiger partial charge in [0.2, 0.25) is 0 Å². The van der Waals surface area contributed by atoms with Gasteiger partial charge in [0.15, 0.2) is 0 Å². The third kappa shape index (κ3) is 2.41. The maximum atomic E-state index is 12.4. The van der Waals surface area contributed by atoms with E-state index in [1.807, 2.05) is 11.8 Å². The van der Waals surface area contributed by atoms with Crippen molar-refractivity contribution in [1.29, 1.82) is 0 Å². The molecule has 5 nitrogen and oxygen atoms in total. The smallest absolute Gasteiger partial charge is 0.254 e. The maximum Gasteiger partial charge on any atom is 0.254 e. The number of ether oxygens (including phenoxy) is 2. The zero-order valence-corrected chi connectivity index (χ0v) is 10.7. The summed E-state index contributed by atoms with van der Waals surface area (Å²) < 4.78 is 10.5. The summed E-state index contributed by atoms with van der Waals surface area (Å²) in [6, 6.07) is 5.19. The number of nitrogen functional groups attached to an aromatic ring is 1. The van der Waals surface area contributed by atoms with Gasteiger partial charge in [0, 0.05) is 12.1 Å². The molecule has 1 fully saturated rings. The van der Waals surface area contributed by atoms with Crippen LogP contribution in [0.25, 0.3) is 0 Å². The van der Waals surface area contributed by atoms with Crippen LogP contribution in [0, 0.1) is 0 Å². The quantitative estimate of drug-likeness (QED) is 0.799. The highest BCUT2D eigenvalue weighted by atomic mass is 16.5. The van der Waals surface area contributed by atoms with Crippen molar-refractivity contribution in [3.8, 4) is 5.75 Å². The van der Waals surface area contributed by atoms with E-state index in [1.54, 1.807) is 18.2 Å². The minimum absolute atomic E-state index is 0.0101. The number of amides is 1. The lowest BCUT2D eigenvalue weighted by atomic mass is 10.1. The van der Waals surface area contributed by atoms with Crippen molar-refractivity contribution in [3.05, 3.63) is 23.8 Å². The van der Waals surface area contributed by atoms with E-state index >= 15 is 0 Å². The van der Waals surface area contributed by atoms with E-state index in [0.29, 0.717) is 36.8 Å². The lowest BCUT2D eigenvalue weighted by Crippen LogP contribution is -2.47. The molecule has 0 aromatic heterocycles. The minimum atomic E-state index is -0.0101. The normalized spacial score (nSPS) is 19.7. The Labute approximate surface area is 106 Å². The Hall–Kier alpha value is -1.75. The number of hydrogen-bond donors (Lipinski definition) is 1. The Morgan fingerprint density at radius 1 is 1.56 bits per heavy atom. The molecule has 2 rings (SSSR count). The van der Waals surface area contributed by atoms with Gasteiger partial charge >= 0.3 is 0 Å². The number of rotatable bonds is 2. The summed E-state index contributed by atoms with van der Waals surface area (Å²) in [7, 11) is 1.54. The van der Waals surface area contributed by atoms with Crippen LogP contribution in [0.4, 0.5) is 5.69 Å². The number of benzene rings is 1. The predicted octanol–water partition coefficient (Wildman–Crippen LogP) is 1.14. The van der Waals surface area contributed by atoms with Crippen LogP contribution in [-0.2, 0) is 4.74 Å². The predicted molar refractivity (Wildman–Crippen MR) is 68.7 cm³/mol. The zero-order chi connectivity index (χ0) is 13.1. The van der Waals surface area contributed by atoms with E-state index < -0.39 is 0 Å². The van der Waals surface area contributed by atoms with Crippen molar-refractivity contribution in [2.45, 2.75) is 13.0 Å². The number of anilines is 1. The Kier molecular flexibility index (Phi) is 3.72. The molecule has 2 N–H and O–H groups in total. The summed E-state index contributed by atoms with van der Waals surface area (Å²) in [5.74, 6) is 0.519. The Morgan fingerprint density at radius 2 is 2.33 bits per heavy atom. The van der Waals surface area contributed by atoms with E-state index in [9.17, 15) is 4.79 Å². The van der Waals surface area contributed by atoms with E-state index in [4.69, 9.17) is 15.2 Å². The van der Waals surface area contributed by atoms with Crippen LogP contribution >= 0.6 is 0 Å². The molecule has 18 heavy (non-hydrogen) atoms. The molecule has 1 aromatic rings. The molecular formula is C13H18N2O3. The number of methoxy groups -OCH3 is 1. The van der Waals surface area contributed by atoms with Crippen LogP contribution in [0.3, 0.4) is 0 Å². The maximum absolute atomic E-state index is 12.4. The third-order valence-corrected chi connectivity index (χ3v) is 3.11. The van der Waals surface area contributed by atoms with E-state index in [-0.39, 0.29) is 11.9 Å². The first kappa shape index (κ1) is 12.7. The van der Waals surface area contributed by atoms with E-state index in [1.165, 1.54) is 7.11 Å². The van der Waals surface area contributed by atoms with Crippen molar-refractivity contribution in [3.63, 3.8) is 0 Å². The largest absolute Gasteiger partial charge is 0.495 e. The number of nitrogens with two attached hydrogens (primary N) is 1. The molecule has 0 radical (unpaired) electrons. The second-order valence-corrected chi connectivity index (χ2v) is 4.38. The zero-order valence-electron chi connectivity index (χ0n) is 10.7. The number of carbonyl (C=O) groups is 1. The molecule has 0 aliphatic carbocycles. The Morgan fingerprint density at radius 3 is 3.00 bits per heavy atom. The molecule has 98 valence electrons. The van der Waals surface area contributed by atoms with Crippen LogP contribution in [0.15, 0.2) is 18.2 Å². The first-order valence-corrected chi connectivity index (χ1v) is 5.95. The molecule has 1 aromatic carbocycles. The summed E-state index contributed by atoms with van der Waals surface area (Å²) in [5.41, 5.74) is 6.86. The number of morpholine rings is 1. The van der Waals surface area contributed by atoms with Crippen molar-refractivity contribution < 1.29 is 14.3 Å². The van der Waals surface area contributed by atoms with Gasteiger partial charge in [-0.25, -0.2) is 0 Å². The molecule has 0 bridgehead atoms. The molecule has 0 spiro atoms. The van der Waals surface area contributed by atoms with Gasteiger partial charge in [0.1, 0.15) is 5.75 Å². The average molecular weight is 250 g/mol. The highest BCUT2D eigenvalue weighted by Gasteiger charge is 2.25. The fourth-order valence-corrected chi connectivity index (χ4v) is 2.04. The summed E-state index contributed by atoms with van der Waals surface area (Å²) in [4.78, 5) is 14.2. The van der Waals surface area contributed by atoms with Gasteiger partial charge in [0.05, 0.1) is 32.1 Å². The monoisotopic (exact) mass is 250 g/mol. The molecule has 1 heterocycles. The van der Waals surface area contributed by atoms with Gasteiger partial charge < -0.3 is 20.1 Å². The van der Waals surface area contributed by atoms with Crippen LogP contribution in [0.2, 0.25) is 0 Å². The first-order valence-electron chi connectivity index (χ1n) is 5.95. The van der Waals surface area contributed by atoms with Gasteiger partial charge in [0.25, 0.3) is 5.91 Å². The van der Waals surface area contributed by atoms with Crippen LogP contribution in [0.5, 0.6) is 5.75 Å². The highest BCUT2D eigenvalue weighted by molar-refractivity contribution is 5.95. The number of nitrogens with zero attached hydrogens (tertiary/aromatic N) is 1. The summed E-state index contributed by atoms with van der Waals surface area (Å²) >= 11 is 0. The van der Waals surface area contributed by atoms with E-state index in [2.05, 4.69) is 0 Å². The second-order valence-electron chi connectivity index (χ2n) is 4.38. The van der Waals surface area contributed by atoms with Gasteiger partial charge in [-0.1, -0.05) is 0 Å². The summed E-state index contributed by atoms with van der Waals surface area (Å²) in [6.45, 7) is 3.76. The van der Waals surface area contributed by atoms with Gasteiger partial charge in [-0.3, -0.25) is 4.79 Å². The standard InChI is InChI=1S/C13H18N2O3/c1-9-8-18-6-5-15(9)13(16)10-3-4-11(14)12(7-10)17-2/h3-4,7,9H,5-6,8,14H2,1-2H3/t9-/m1/s1. The van der Waals surface area contributed by atoms with Crippen molar-refractivity contribution in [1.82, 2.24) is 4.90 Å². The fourth-order valence-electron chi connectivity index (χ4n) is 2.04. The molecule has 1 amide bonds. The van der Waals surface area contributed by atoms with Crippen molar-refractivity contribution in [2.24, 2.45) is 0 Å². The summed E-state index contributed by atoms with van der Waals surface area (Å²) in [5, 5.41) is 0. The highest BCUT2D eigenvalue weighted by Crippen LogP contribution is 2.23. The van der Waals surface area contributed by atoms with Crippen molar-refractivity contribution >= 4 is 11.6 Å². The SMILES string of the molecule is COc1cc(C(=O)N2CCOC[C@H]2C)ccc1N. The lowest BCUT2D eigenvalue weighted by Gasteiger charge is -2.33. The van der Waals surface area contributed by atoms with Crippen LogP contribution in [-0.4, -0.2) is 43.7 Å². The second kappa shape index (κ2) is 5.27. The van der Waals surface area contributed by atoms with E-state index in [0.717, 1.165) is 0 Å². The van der Waals surface area contributed by atoms with Gasteiger partial charge in [-0.2, -0.15) is 0 Å². The summed E-state index contributed by atoms with van der Waals surface area (Å²) in [6.07, 6.45) is 0. The number of hydrogen-bond acceptors (Lipinski definition) is 4.